The molecule has 1 heteroatoms. The van der Waals surface area contributed by atoms with Crippen LogP contribution in [0.1, 0.15) is 43.2 Å². The second-order valence-corrected chi connectivity index (χ2v) is 7.12. The number of hydrogen-bond donors (Lipinski definition) is 0. The molecule has 2 aliphatic carbocycles. The first-order chi connectivity index (χ1) is 11.8. The standard InChI is InChI=1S/C24H23.Zr/c1-3-4-17-24(2,18-11-5-6-12-18)23-21-15-9-7-13-19(21)20-14-8-10-16-22(20)23;/h1,3,5-11,13-16,23H,4,12,17H2,2H3;/q-1;. The van der Waals surface area contributed by atoms with Gasteiger partial charge in [-0.25, -0.2) is 0 Å². The van der Waals surface area contributed by atoms with Crippen LogP contribution in [-0.4, -0.2) is 0 Å². The summed E-state index contributed by atoms with van der Waals surface area (Å²) in [7, 11) is 0. The molecule has 0 nitrogen and oxygen atoms in total. The molecule has 1 unspecified atom stereocenters. The van der Waals surface area contributed by atoms with Gasteiger partial charge < -0.3 is 6.58 Å². The van der Waals surface area contributed by atoms with Crippen molar-refractivity contribution in [2.24, 2.45) is 5.41 Å². The van der Waals surface area contributed by atoms with Crippen molar-refractivity contribution >= 4 is 0 Å². The van der Waals surface area contributed by atoms with Gasteiger partial charge in [-0.1, -0.05) is 85.7 Å². The van der Waals surface area contributed by atoms with E-state index in [9.17, 15) is 0 Å². The third kappa shape index (κ3) is 2.98. The zero-order valence-electron chi connectivity index (χ0n) is 14.7. The van der Waals surface area contributed by atoms with Crippen LogP contribution in [0.3, 0.4) is 0 Å². The predicted molar refractivity (Wildman–Crippen MR) is 102 cm³/mol. The Morgan fingerprint density at radius 3 is 2.16 bits per heavy atom. The molecule has 0 spiro atoms. The van der Waals surface area contributed by atoms with Crippen molar-refractivity contribution in [1.29, 1.82) is 0 Å². The summed E-state index contributed by atoms with van der Waals surface area (Å²) in [5.41, 5.74) is 7.33. The van der Waals surface area contributed by atoms with Crippen LogP contribution in [0.4, 0.5) is 0 Å². The first-order valence-corrected chi connectivity index (χ1v) is 8.83. The molecule has 124 valence electrons. The van der Waals surface area contributed by atoms with E-state index in [0.29, 0.717) is 5.92 Å². The molecule has 4 rings (SSSR count). The summed E-state index contributed by atoms with van der Waals surface area (Å²) in [4.78, 5) is 0. The summed E-state index contributed by atoms with van der Waals surface area (Å²) in [5.74, 6) is 0.399. The Morgan fingerprint density at radius 1 is 1.04 bits per heavy atom. The SMILES string of the molecule is [CH-]=CCCC(C)(C1=CC=CC1)C1c2ccccc2-c2ccccc21.[Zr]. The fourth-order valence-corrected chi connectivity index (χ4v) is 4.59. The molecule has 0 aliphatic heterocycles. The summed E-state index contributed by atoms with van der Waals surface area (Å²) in [6, 6.07) is 17.8. The van der Waals surface area contributed by atoms with Crippen molar-refractivity contribution < 1.29 is 26.2 Å². The van der Waals surface area contributed by atoms with Crippen LogP contribution < -0.4 is 0 Å². The zero-order chi connectivity index (χ0) is 16.6. The number of fused-ring (bicyclic) bond motifs is 3. The Labute approximate surface area is 170 Å². The minimum absolute atomic E-state index is 0. The monoisotopic (exact) mass is 401 g/mol. The molecule has 2 aliphatic rings. The van der Waals surface area contributed by atoms with Gasteiger partial charge in [0.15, 0.2) is 0 Å². The van der Waals surface area contributed by atoms with Crippen molar-refractivity contribution in [3.8, 4) is 11.1 Å². The molecule has 0 heterocycles. The van der Waals surface area contributed by atoms with Gasteiger partial charge in [0.1, 0.15) is 0 Å². The van der Waals surface area contributed by atoms with Crippen LogP contribution in [-0.2, 0) is 26.2 Å². The topological polar surface area (TPSA) is 0 Å². The van der Waals surface area contributed by atoms with E-state index in [1.165, 1.54) is 27.8 Å². The van der Waals surface area contributed by atoms with Gasteiger partial charge in [-0.2, -0.15) is 0 Å². The molecule has 2 aromatic rings. The minimum atomic E-state index is 0. The molecule has 0 bridgehead atoms. The quantitative estimate of drug-likeness (QED) is 0.504. The Kier molecular flexibility index (Phi) is 5.44. The Hall–Kier alpha value is -1.46. The van der Waals surface area contributed by atoms with Crippen molar-refractivity contribution in [1.82, 2.24) is 0 Å². The summed E-state index contributed by atoms with van der Waals surface area (Å²) < 4.78 is 0. The van der Waals surface area contributed by atoms with E-state index in [2.05, 4.69) is 73.7 Å². The molecule has 25 heavy (non-hydrogen) atoms. The molecule has 0 saturated heterocycles. The number of allylic oxidation sites excluding steroid dienone is 5. The van der Waals surface area contributed by atoms with E-state index in [4.69, 9.17) is 6.58 Å². The largest absolute Gasteiger partial charge is 0.518 e. The van der Waals surface area contributed by atoms with Gasteiger partial charge in [-0.05, 0) is 35.1 Å². The van der Waals surface area contributed by atoms with Crippen molar-refractivity contribution in [3.63, 3.8) is 0 Å². The van der Waals surface area contributed by atoms with Crippen LogP contribution in [0.25, 0.3) is 11.1 Å². The predicted octanol–water partition coefficient (Wildman–Crippen LogP) is 6.46. The maximum Gasteiger partial charge on any atom is 0.0193 e. The van der Waals surface area contributed by atoms with Gasteiger partial charge in [-0.3, -0.25) is 6.08 Å². The van der Waals surface area contributed by atoms with Gasteiger partial charge >= 0.3 is 0 Å². The molecular weight excluding hydrogens is 379 g/mol. The van der Waals surface area contributed by atoms with Crippen LogP contribution in [0.2, 0.25) is 0 Å². The maximum absolute atomic E-state index is 5.76. The second kappa shape index (κ2) is 7.42. The van der Waals surface area contributed by atoms with Gasteiger partial charge in [0.25, 0.3) is 0 Å². The summed E-state index contributed by atoms with van der Waals surface area (Å²) >= 11 is 0. The number of hydrogen-bond acceptors (Lipinski definition) is 0. The van der Waals surface area contributed by atoms with Crippen LogP contribution >= 0.6 is 0 Å². The van der Waals surface area contributed by atoms with E-state index in [-0.39, 0.29) is 31.6 Å². The maximum atomic E-state index is 5.76. The molecule has 0 radical (unpaired) electrons. The molecule has 2 aromatic carbocycles. The Bertz CT molecular complexity index is 797. The van der Waals surface area contributed by atoms with E-state index < -0.39 is 0 Å². The molecule has 0 N–H and O–H groups in total. The first-order valence-electron chi connectivity index (χ1n) is 8.83. The van der Waals surface area contributed by atoms with Crippen LogP contribution in [0.5, 0.6) is 0 Å². The summed E-state index contributed by atoms with van der Waals surface area (Å²) in [6.07, 6.45) is 11.7. The average molecular weight is 403 g/mol. The third-order valence-corrected chi connectivity index (χ3v) is 5.81. The molecular formula is C24H23Zr-. The molecule has 0 amide bonds. The van der Waals surface area contributed by atoms with Crippen molar-refractivity contribution in [2.75, 3.05) is 0 Å². The normalized spacial score (nSPS) is 17.2. The van der Waals surface area contributed by atoms with E-state index in [1.54, 1.807) is 0 Å². The molecule has 0 saturated carbocycles. The fraction of sp³-hybridized carbons (Fsp3) is 0.250. The van der Waals surface area contributed by atoms with E-state index >= 15 is 0 Å². The molecule has 0 fully saturated rings. The smallest absolute Gasteiger partial charge is 0.0193 e. The molecule has 1 atom stereocenters. The van der Waals surface area contributed by atoms with E-state index in [0.717, 1.165) is 19.3 Å². The van der Waals surface area contributed by atoms with Gasteiger partial charge in [0.2, 0.25) is 0 Å². The van der Waals surface area contributed by atoms with Crippen LogP contribution in [0.15, 0.2) is 78.4 Å². The Balaban J connectivity index is 0.00000182. The van der Waals surface area contributed by atoms with Crippen molar-refractivity contribution in [3.05, 3.63) is 96.1 Å². The zero-order valence-corrected chi connectivity index (χ0v) is 17.2. The number of rotatable bonds is 5. The van der Waals surface area contributed by atoms with Crippen LogP contribution in [0, 0.1) is 12.0 Å². The number of benzene rings is 2. The summed E-state index contributed by atoms with van der Waals surface area (Å²) in [5, 5.41) is 0. The minimum Gasteiger partial charge on any atom is -0.518 e. The van der Waals surface area contributed by atoms with E-state index in [1.807, 2.05) is 6.08 Å². The second-order valence-electron chi connectivity index (χ2n) is 7.12. The Morgan fingerprint density at radius 2 is 1.64 bits per heavy atom. The van der Waals surface area contributed by atoms with Crippen molar-refractivity contribution in [2.45, 2.75) is 32.1 Å². The fourth-order valence-electron chi connectivity index (χ4n) is 4.59. The summed E-state index contributed by atoms with van der Waals surface area (Å²) in [6.45, 7) is 8.19. The average Bonchev–Trinajstić information content (AvgIpc) is 3.26. The first kappa shape index (κ1) is 18.3. The van der Waals surface area contributed by atoms with Gasteiger partial charge in [0.05, 0.1) is 0 Å². The van der Waals surface area contributed by atoms with Gasteiger partial charge in [0, 0.05) is 37.5 Å². The molecule has 0 aromatic heterocycles. The van der Waals surface area contributed by atoms with Gasteiger partial charge in [-0.15, -0.1) is 0 Å². The third-order valence-electron chi connectivity index (χ3n) is 5.81.